The van der Waals surface area contributed by atoms with Crippen LogP contribution in [0.25, 0.3) is 5.57 Å². The summed E-state index contributed by atoms with van der Waals surface area (Å²) in [5.41, 5.74) is 1.96. The number of pyridine rings is 2. The minimum atomic E-state index is -4.48. The molecular formula is C19H19F3N2O. The summed E-state index contributed by atoms with van der Waals surface area (Å²) in [6.07, 6.45) is 2.96. The van der Waals surface area contributed by atoms with Gasteiger partial charge in [0.05, 0.1) is 6.20 Å². The molecule has 0 aliphatic carbocycles. The molecule has 0 saturated heterocycles. The van der Waals surface area contributed by atoms with Crippen LogP contribution in [0.5, 0.6) is 11.6 Å². The maximum absolute atomic E-state index is 12.6. The number of hydrogen-bond donors (Lipinski definition) is 0. The lowest BCUT2D eigenvalue weighted by atomic mass is 10.0. The van der Waals surface area contributed by atoms with Crippen molar-refractivity contribution in [1.29, 1.82) is 0 Å². The number of allylic oxidation sites excluding steroid dienone is 4. The molecule has 2 heterocycles. The van der Waals surface area contributed by atoms with Crippen molar-refractivity contribution in [3.05, 3.63) is 65.6 Å². The van der Waals surface area contributed by atoms with Gasteiger partial charge in [-0.05, 0) is 55.7 Å². The Morgan fingerprint density at radius 2 is 1.96 bits per heavy atom. The lowest BCUT2D eigenvalue weighted by Gasteiger charge is -2.13. The van der Waals surface area contributed by atoms with Crippen molar-refractivity contribution >= 4 is 5.57 Å². The number of hydrogen-bond acceptors (Lipinski definition) is 3. The number of alkyl halides is 3. The van der Waals surface area contributed by atoms with Gasteiger partial charge in [0.15, 0.2) is 0 Å². The molecule has 0 amide bonds. The third kappa shape index (κ3) is 4.68. The van der Waals surface area contributed by atoms with Crippen LogP contribution in [0.15, 0.2) is 54.4 Å². The van der Waals surface area contributed by atoms with Crippen molar-refractivity contribution in [3.63, 3.8) is 0 Å². The highest BCUT2D eigenvalue weighted by molar-refractivity contribution is 5.72. The van der Waals surface area contributed by atoms with Crippen LogP contribution in [0.2, 0.25) is 0 Å². The predicted molar refractivity (Wildman–Crippen MR) is 91.2 cm³/mol. The largest absolute Gasteiger partial charge is 0.437 e. The van der Waals surface area contributed by atoms with Gasteiger partial charge in [-0.25, -0.2) is 9.97 Å². The Kier molecular flexibility index (Phi) is 5.96. The van der Waals surface area contributed by atoms with Gasteiger partial charge in [0.2, 0.25) is 5.88 Å². The van der Waals surface area contributed by atoms with E-state index in [1.165, 1.54) is 6.07 Å². The first-order chi connectivity index (χ1) is 11.9. The second-order valence-corrected chi connectivity index (χ2v) is 5.34. The monoisotopic (exact) mass is 348 g/mol. The normalized spacial score (nSPS) is 13.0. The molecule has 0 aliphatic rings. The minimum Gasteiger partial charge on any atom is -0.437 e. The van der Waals surface area contributed by atoms with Crippen LogP contribution < -0.4 is 4.74 Å². The molecule has 3 nitrogen and oxygen atoms in total. The molecule has 0 aromatic carbocycles. The highest BCUT2D eigenvalue weighted by Crippen LogP contribution is 2.32. The van der Waals surface area contributed by atoms with Crippen molar-refractivity contribution in [3.8, 4) is 11.6 Å². The average molecular weight is 348 g/mol. The van der Waals surface area contributed by atoms with E-state index in [1.54, 1.807) is 12.3 Å². The molecule has 0 bridgehead atoms. The summed E-state index contributed by atoms with van der Waals surface area (Å²) in [6.45, 7) is 5.96. The Morgan fingerprint density at radius 3 is 2.52 bits per heavy atom. The predicted octanol–water partition coefficient (Wildman–Crippen LogP) is 6.05. The van der Waals surface area contributed by atoms with Gasteiger partial charge in [-0.15, -0.1) is 0 Å². The standard InChI is InChI=1S/C19H19F3N2O/c1-4-7-14(5-2)13(3)16-8-6-11-23-18(16)25-15-9-10-17(24-12-15)19(20,21)22/h4,6-12H,5H2,1-3H3/b7-4-,14-13+. The lowest BCUT2D eigenvalue weighted by molar-refractivity contribution is -0.141. The van der Waals surface area contributed by atoms with Crippen LogP contribution in [0, 0.1) is 0 Å². The zero-order valence-electron chi connectivity index (χ0n) is 14.3. The molecule has 0 N–H and O–H groups in total. The van der Waals surface area contributed by atoms with E-state index < -0.39 is 11.9 Å². The molecule has 2 rings (SSSR count). The zero-order chi connectivity index (χ0) is 18.4. The van der Waals surface area contributed by atoms with E-state index in [4.69, 9.17) is 4.74 Å². The first-order valence-electron chi connectivity index (χ1n) is 7.85. The Bertz CT molecular complexity index is 778. The summed E-state index contributed by atoms with van der Waals surface area (Å²) in [5.74, 6) is 0.529. The van der Waals surface area contributed by atoms with Crippen molar-refractivity contribution in [2.24, 2.45) is 0 Å². The third-order valence-corrected chi connectivity index (χ3v) is 3.65. The highest BCUT2D eigenvalue weighted by Gasteiger charge is 2.32. The fraction of sp³-hybridized carbons (Fsp3) is 0.263. The summed E-state index contributed by atoms with van der Waals surface area (Å²) >= 11 is 0. The van der Waals surface area contributed by atoms with Gasteiger partial charge in [-0.1, -0.05) is 19.1 Å². The first kappa shape index (κ1) is 18.7. The lowest BCUT2D eigenvalue weighted by Crippen LogP contribution is -2.07. The molecule has 0 radical (unpaired) electrons. The summed E-state index contributed by atoms with van der Waals surface area (Å²) < 4.78 is 43.4. The van der Waals surface area contributed by atoms with E-state index in [0.717, 1.165) is 35.4 Å². The molecule has 2 aromatic rings. The van der Waals surface area contributed by atoms with Gasteiger partial charge in [0.1, 0.15) is 11.4 Å². The third-order valence-electron chi connectivity index (χ3n) is 3.65. The smallest absolute Gasteiger partial charge is 0.433 e. The van der Waals surface area contributed by atoms with Crippen molar-refractivity contribution in [2.75, 3.05) is 0 Å². The van der Waals surface area contributed by atoms with Crippen LogP contribution in [0.4, 0.5) is 13.2 Å². The van der Waals surface area contributed by atoms with E-state index in [-0.39, 0.29) is 5.75 Å². The van der Waals surface area contributed by atoms with Crippen LogP contribution in [0.1, 0.15) is 38.4 Å². The molecule has 2 aromatic heterocycles. The topological polar surface area (TPSA) is 35.0 Å². The molecule has 0 atom stereocenters. The summed E-state index contributed by atoms with van der Waals surface area (Å²) in [7, 11) is 0. The second kappa shape index (κ2) is 7.96. The fourth-order valence-electron chi connectivity index (χ4n) is 2.36. The van der Waals surface area contributed by atoms with E-state index in [2.05, 4.69) is 16.9 Å². The number of rotatable bonds is 5. The Labute approximate surface area is 144 Å². The molecule has 0 aliphatic heterocycles. The number of halogens is 3. The van der Waals surface area contributed by atoms with E-state index in [1.807, 2.05) is 32.1 Å². The maximum atomic E-state index is 12.6. The zero-order valence-corrected chi connectivity index (χ0v) is 14.3. The minimum absolute atomic E-state index is 0.199. The SMILES string of the molecule is C/C=C\C(CC)=C(/C)c1cccnc1Oc1ccc(C(F)(F)F)nc1. The average Bonchev–Trinajstić information content (AvgIpc) is 2.59. The van der Waals surface area contributed by atoms with Crippen molar-refractivity contribution in [2.45, 2.75) is 33.4 Å². The van der Waals surface area contributed by atoms with E-state index in [9.17, 15) is 13.2 Å². The number of ether oxygens (including phenoxy) is 1. The summed E-state index contributed by atoms with van der Waals surface area (Å²) in [6, 6.07) is 5.78. The van der Waals surface area contributed by atoms with Crippen molar-refractivity contribution in [1.82, 2.24) is 9.97 Å². The Balaban J connectivity index is 2.36. The first-order valence-corrected chi connectivity index (χ1v) is 7.85. The van der Waals surface area contributed by atoms with Gasteiger partial charge in [0, 0.05) is 11.8 Å². The summed E-state index contributed by atoms with van der Waals surface area (Å²) in [5, 5.41) is 0. The quantitative estimate of drug-likeness (QED) is 0.617. The molecule has 0 unspecified atom stereocenters. The Morgan fingerprint density at radius 1 is 1.20 bits per heavy atom. The number of nitrogens with zero attached hydrogens (tertiary/aromatic N) is 2. The molecule has 132 valence electrons. The van der Waals surface area contributed by atoms with Gasteiger partial charge in [0.25, 0.3) is 0 Å². The second-order valence-electron chi connectivity index (χ2n) is 5.34. The van der Waals surface area contributed by atoms with Crippen LogP contribution in [-0.4, -0.2) is 9.97 Å². The van der Waals surface area contributed by atoms with Gasteiger partial charge in [-0.3, -0.25) is 0 Å². The molecule has 0 fully saturated rings. The van der Waals surface area contributed by atoms with Gasteiger partial charge in [-0.2, -0.15) is 13.2 Å². The Hall–Kier alpha value is -2.63. The molecule has 25 heavy (non-hydrogen) atoms. The molecule has 0 saturated carbocycles. The highest BCUT2D eigenvalue weighted by atomic mass is 19.4. The van der Waals surface area contributed by atoms with Crippen LogP contribution in [0.3, 0.4) is 0 Å². The molecular weight excluding hydrogens is 329 g/mol. The van der Waals surface area contributed by atoms with Gasteiger partial charge < -0.3 is 4.74 Å². The summed E-state index contributed by atoms with van der Waals surface area (Å²) in [4.78, 5) is 7.61. The fourth-order valence-corrected chi connectivity index (χ4v) is 2.36. The van der Waals surface area contributed by atoms with Crippen LogP contribution >= 0.6 is 0 Å². The van der Waals surface area contributed by atoms with Gasteiger partial charge >= 0.3 is 6.18 Å². The number of aromatic nitrogens is 2. The van der Waals surface area contributed by atoms with Crippen LogP contribution in [-0.2, 0) is 6.18 Å². The van der Waals surface area contributed by atoms with E-state index in [0.29, 0.717) is 5.88 Å². The van der Waals surface area contributed by atoms with E-state index >= 15 is 0 Å². The molecule has 6 heteroatoms. The van der Waals surface area contributed by atoms with Crippen molar-refractivity contribution < 1.29 is 17.9 Å². The molecule has 0 spiro atoms. The maximum Gasteiger partial charge on any atom is 0.433 e.